The van der Waals surface area contributed by atoms with Gasteiger partial charge in [0.25, 0.3) is 5.91 Å². The third-order valence-electron chi connectivity index (χ3n) is 4.61. The molecule has 0 bridgehead atoms. The Hall–Kier alpha value is -3.98. The highest BCUT2D eigenvalue weighted by molar-refractivity contribution is 7.13. The number of aromatic amines is 1. The third-order valence-corrected chi connectivity index (χ3v) is 5.30. The number of carbonyl (C=O) groups excluding carboxylic acids is 1. The average Bonchev–Trinajstić information content (AvgIpc) is 3.47. The molecular formula is C21H13FN6OS. The molecule has 30 heavy (non-hydrogen) atoms. The summed E-state index contributed by atoms with van der Waals surface area (Å²) >= 11 is 1.26. The first kappa shape index (κ1) is 18.1. The molecule has 0 spiro atoms. The lowest BCUT2D eigenvalue weighted by Crippen LogP contribution is -2.13. The van der Waals surface area contributed by atoms with Gasteiger partial charge in [0, 0.05) is 34.3 Å². The van der Waals surface area contributed by atoms with E-state index in [1.165, 1.54) is 29.8 Å². The summed E-state index contributed by atoms with van der Waals surface area (Å²) in [7, 11) is 0. The van der Waals surface area contributed by atoms with Crippen LogP contribution in [0.4, 0.5) is 9.52 Å². The van der Waals surface area contributed by atoms with Gasteiger partial charge in [0.15, 0.2) is 5.13 Å². The van der Waals surface area contributed by atoms with E-state index < -0.39 is 11.7 Å². The molecule has 1 amide bonds. The zero-order valence-corrected chi connectivity index (χ0v) is 16.2. The van der Waals surface area contributed by atoms with Crippen molar-refractivity contribution in [1.29, 1.82) is 0 Å². The monoisotopic (exact) mass is 416 g/mol. The maximum Gasteiger partial charge on any atom is 0.260 e. The van der Waals surface area contributed by atoms with Crippen LogP contribution in [-0.2, 0) is 0 Å². The minimum absolute atomic E-state index is 0.0635. The second kappa shape index (κ2) is 7.45. The van der Waals surface area contributed by atoms with E-state index in [1.807, 2.05) is 18.2 Å². The smallest absolute Gasteiger partial charge is 0.260 e. The first-order chi connectivity index (χ1) is 14.7. The van der Waals surface area contributed by atoms with Crippen molar-refractivity contribution in [3.63, 3.8) is 0 Å². The van der Waals surface area contributed by atoms with Crippen LogP contribution in [0.15, 0.2) is 66.7 Å². The molecule has 2 N–H and O–H groups in total. The number of carbonyl (C=O) groups is 1. The minimum atomic E-state index is -0.640. The Morgan fingerprint density at radius 1 is 1.03 bits per heavy atom. The van der Waals surface area contributed by atoms with Crippen molar-refractivity contribution in [2.24, 2.45) is 0 Å². The fourth-order valence-electron chi connectivity index (χ4n) is 3.17. The number of benzene rings is 2. The van der Waals surface area contributed by atoms with Gasteiger partial charge < -0.3 is 0 Å². The van der Waals surface area contributed by atoms with Gasteiger partial charge in [-0.15, -0.1) is 11.3 Å². The second-order valence-electron chi connectivity index (χ2n) is 6.43. The van der Waals surface area contributed by atoms with Gasteiger partial charge in [0.05, 0.1) is 23.0 Å². The Morgan fingerprint density at radius 3 is 2.70 bits per heavy atom. The molecule has 3 aromatic heterocycles. The molecule has 0 radical (unpaired) electrons. The zero-order chi connectivity index (χ0) is 20.5. The maximum absolute atomic E-state index is 14.8. The van der Waals surface area contributed by atoms with E-state index in [0.29, 0.717) is 16.4 Å². The summed E-state index contributed by atoms with van der Waals surface area (Å²) in [6.07, 6.45) is 6.52. The summed E-state index contributed by atoms with van der Waals surface area (Å²) in [4.78, 5) is 25.0. The van der Waals surface area contributed by atoms with E-state index in [4.69, 9.17) is 0 Å². The predicted molar refractivity (Wildman–Crippen MR) is 113 cm³/mol. The second-order valence-corrected chi connectivity index (χ2v) is 7.32. The summed E-state index contributed by atoms with van der Waals surface area (Å²) < 4.78 is 14.8. The fraction of sp³-hybridized carbons (Fsp3) is 0. The van der Waals surface area contributed by atoms with E-state index in [2.05, 4.69) is 30.5 Å². The standard InChI is InChI=1S/C21H13FN6OS/c22-17-8-13(1-3-15(17)20(29)28-21-23-5-6-30-21)19-16-7-12(14-9-26-27-10-14)2-4-18(16)24-11-25-19/h1-11H,(H,26,27)(H,23,28,29). The summed E-state index contributed by atoms with van der Waals surface area (Å²) in [5.74, 6) is -1.19. The number of nitrogens with one attached hydrogen (secondary N) is 2. The molecule has 5 aromatic rings. The lowest BCUT2D eigenvalue weighted by Gasteiger charge is -2.09. The molecule has 0 saturated carbocycles. The van der Waals surface area contributed by atoms with E-state index in [-0.39, 0.29) is 5.56 Å². The molecule has 0 unspecified atom stereocenters. The van der Waals surface area contributed by atoms with Crippen LogP contribution in [0.25, 0.3) is 33.3 Å². The summed E-state index contributed by atoms with van der Waals surface area (Å²) in [6, 6.07) is 10.2. The minimum Gasteiger partial charge on any atom is -0.298 e. The van der Waals surface area contributed by atoms with Gasteiger partial charge in [-0.2, -0.15) is 5.10 Å². The Labute approximate surface area is 173 Å². The van der Waals surface area contributed by atoms with Crippen molar-refractivity contribution in [3.05, 3.63) is 78.1 Å². The van der Waals surface area contributed by atoms with Crippen molar-refractivity contribution in [1.82, 2.24) is 25.1 Å². The van der Waals surface area contributed by atoms with Crippen LogP contribution in [-0.4, -0.2) is 31.1 Å². The van der Waals surface area contributed by atoms with Crippen molar-refractivity contribution in [2.45, 2.75) is 0 Å². The number of nitrogens with zero attached hydrogens (tertiary/aromatic N) is 4. The highest BCUT2D eigenvalue weighted by atomic mass is 32.1. The Balaban J connectivity index is 1.54. The number of hydrogen-bond acceptors (Lipinski definition) is 6. The summed E-state index contributed by atoms with van der Waals surface area (Å²) in [5.41, 5.74) is 3.66. The zero-order valence-electron chi connectivity index (χ0n) is 15.3. The fourth-order valence-corrected chi connectivity index (χ4v) is 3.70. The highest BCUT2D eigenvalue weighted by Crippen LogP contribution is 2.30. The third kappa shape index (κ3) is 3.31. The van der Waals surface area contributed by atoms with Crippen LogP contribution >= 0.6 is 11.3 Å². The van der Waals surface area contributed by atoms with Crippen molar-refractivity contribution < 1.29 is 9.18 Å². The molecule has 0 aliphatic carbocycles. The van der Waals surface area contributed by atoms with Crippen LogP contribution in [0.1, 0.15) is 10.4 Å². The van der Waals surface area contributed by atoms with Crippen molar-refractivity contribution >= 4 is 33.3 Å². The van der Waals surface area contributed by atoms with Crippen LogP contribution in [0, 0.1) is 5.82 Å². The van der Waals surface area contributed by atoms with E-state index in [1.54, 1.807) is 30.0 Å². The van der Waals surface area contributed by atoms with Crippen LogP contribution < -0.4 is 5.32 Å². The first-order valence-corrected chi connectivity index (χ1v) is 9.82. The van der Waals surface area contributed by atoms with Gasteiger partial charge in [-0.25, -0.2) is 19.3 Å². The normalized spacial score (nSPS) is 11.0. The predicted octanol–water partition coefficient (Wildman–Crippen LogP) is 4.53. The molecule has 0 fully saturated rings. The lowest BCUT2D eigenvalue weighted by molar-refractivity contribution is 0.102. The van der Waals surface area contributed by atoms with Gasteiger partial charge >= 0.3 is 0 Å². The number of rotatable bonds is 4. The number of fused-ring (bicyclic) bond motifs is 1. The molecule has 7 nitrogen and oxygen atoms in total. The SMILES string of the molecule is O=C(Nc1nccs1)c1ccc(-c2ncnc3ccc(-c4cn[nH]c4)cc23)cc1F. The van der Waals surface area contributed by atoms with Crippen molar-refractivity contribution in [3.8, 4) is 22.4 Å². The molecule has 2 aromatic carbocycles. The number of anilines is 1. The van der Waals surface area contributed by atoms with E-state index in [0.717, 1.165) is 22.0 Å². The Kier molecular flexibility index (Phi) is 4.49. The number of aromatic nitrogens is 5. The van der Waals surface area contributed by atoms with Gasteiger partial charge in [0.1, 0.15) is 12.1 Å². The maximum atomic E-state index is 14.8. The van der Waals surface area contributed by atoms with E-state index in [9.17, 15) is 9.18 Å². The average molecular weight is 416 g/mol. The summed E-state index contributed by atoms with van der Waals surface area (Å²) in [6.45, 7) is 0. The van der Waals surface area contributed by atoms with Crippen LogP contribution in [0.3, 0.4) is 0 Å². The Bertz CT molecular complexity index is 1350. The number of H-pyrrole nitrogens is 1. The van der Waals surface area contributed by atoms with E-state index >= 15 is 0 Å². The number of amides is 1. The summed E-state index contributed by atoms with van der Waals surface area (Å²) in [5, 5.41) is 12.3. The number of halogens is 1. The lowest BCUT2D eigenvalue weighted by atomic mass is 10.0. The van der Waals surface area contributed by atoms with Crippen LogP contribution in [0.2, 0.25) is 0 Å². The largest absolute Gasteiger partial charge is 0.298 e. The first-order valence-electron chi connectivity index (χ1n) is 8.94. The van der Waals surface area contributed by atoms with Crippen molar-refractivity contribution in [2.75, 3.05) is 5.32 Å². The molecule has 0 aliphatic rings. The highest BCUT2D eigenvalue weighted by Gasteiger charge is 2.16. The molecule has 146 valence electrons. The van der Waals surface area contributed by atoms with Gasteiger partial charge in [-0.1, -0.05) is 12.1 Å². The Morgan fingerprint density at radius 2 is 1.93 bits per heavy atom. The quantitative estimate of drug-likeness (QED) is 0.449. The number of thiazole rings is 1. The molecule has 0 atom stereocenters. The molecule has 9 heteroatoms. The molecular weight excluding hydrogens is 403 g/mol. The van der Waals surface area contributed by atoms with Gasteiger partial charge in [0.2, 0.25) is 0 Å². The molecule has 3 heterocycles. The molecule has 0 saturated heterocycles. The van der Waals surface area contributed by atoms with Gasteiger partial charge in [-0.05, 0) is 29.8 Å². The topological polar surface area (TPSA) is 96.5 Å². The number of hydrogen-bond donors (Lipinski definition) is 2. The van der Waals surface area contributed by atoms with Gasteiger partial charge in [-0.3, -0.25) is 15.2 Å². The van der Waals surface area contributed by atoms with Crippen LogP contribution in [0.5, 0.6) is 0 Å². The molecule has 0 aliphatic heterocycles. The molecule has 5 rings (SSSR count).